The molecule has 2 heterocycles. The second kappa shape index (κ2) is 7.44. The first-order chi connectivity index (χ1) is 13.2. The summed E-state index contributed by atoms with van der Waals surface area (Å²) in [5, 5.41) is 11.4. The van der Waals surface area contributed by atoms with Crippen LogP contribution in [0.25, 0.3) is 17.1 Å². The van der Waals surface area contributed by atoms with Crippen LogP contribution in [0.15, 0.2) is 29.8 Å². The van der Waals surface area contributed by atoms with Crippen LogP contribution in [0.4, 0.5) is 0 Å². The van der Waals surface area contributed by atoms with Gasteiger partial charge in [-0.15, -0.1) is 11.3 Å². The lowest BCUT2D eigenvalue weighted by Crippen LogP contribution is -2.12. The van der Waals surface area contributed by atoms with Crippen molar-refractivity contribution in [3.05, 3.63) is 46.7 Å². The highest BCUT2D eigenvalue weighted by molar-refractivity contribution is 7.15. The van der Waals surface area contributed by atoms with Gasteiger partial charge in [-0.05, 0) is 43.9 Å². The van der Waals surface area contributed by atoms with Crippen LogP contribution < -0.4 is 9.47 Å². The molecule has 6 nitrogen and oxygen atoms in total. The van der Waals surface area contributed by atoms with E-state index < -0.39 is 5.97 Å². The van der Waals surface area contributed by atoms with Crippen molar-refractivity contribution in [1.29, 1.82) is 0 Å². The number of para-hydroxylation sites is 1. The number of hydrogen-bond acceptors (Lipinski definition) is 5. The fourth-order valence-electron chi connectivity index (χ4n) is 3.42. The zero-order valence-corrected chi connectivity index (χ0v) is 15.7. The van der Waals surface area contributed by atoms with Gasteiger partial charge in [0.2, 0.25) is 0 Å². The molecule has 0 aliphatic heterocycles. The van der Waals surface area contributed by atoms with Crippen LogP contribution in [0.3, 0.4) is 0 Å². The highest BCUT2D eigenvalue weighted by Gasteiger charge is 2.21. The summed E-state index contributed by atoms with van der Waals surface area (Å²) in [6.07, 6.45) is 9.92. The molecule has 7 heteroatoms. The molecule has 0 atom stereocenters. The number of carboxylic acids is 1. The number of methoxy groups -OCH3 is 1. The van der Waals surface area contributed by atoms with E-state index in [0.717, 1.165) is 18.4 Å². The van der Waals surface area contributed by atoms with Crippen molar-refractivity contribution >= 4 is 34.4 Å². The highest BCUT2D eigenvalue weighted by Crippen LogP contribution is 2.36. The number of ether oxygens (including phenoxy) is 2. The van der Waals surface area contributed by atoms with Crippen LogP contribution in [-0.4, -0.2) is 33.7 Å². The largest absolute Gasteiger partial charge is 0.493 e. The molecule has 27 heavy (non-hydrogen) atoms. The van der Waals surface area contributed by atoms with E-state index in [-0.39, 0.29) is 11.8 Å². The van der Waals surface area contributed by atoms with E-state index in [4.69, 9.17) is 9.47 Å². The summed E-state index contributed by atoms with van der Waals surface area (Å²) in [5.41, 5.74) is 1.42. The van der Waals surface area contributed by atoms with Gasteiger partial charge in [-0.25, -0.2) is 9.78 Å². The Morgan fingerprint density at radius 1 is 1.33 bits per heavy atom. The average molecular weight is 384 g/mol. The molecule has 2 aromatic heterocycles. The van der Waals surface area contributed by atoms with Crippen molar-refractivity contribution in [2.45, 2.75) is 31.8 Å². The Morgan fingerprint density at radius 3 is 2.89 bits per heavy atom. The summed E-state index contributed by atoms with van der Waals surface area (Å²) in [6, 6.07) is 5.70. The van der Waals surface area contributed by atoms with Crippen molar-refractivity contribution in [2.24, 2.45) is 0 Å². The Morgan fingerprint density at radius 2 is 2.15 bits per heavy atom. The van der Waals surface area contributed by atoms with Crippen molar-refractivity contribution in [3.8, 4) is 11.5 Å². The van der Waals surface area contributed by atoms with E-state index in [1.807, 2.05) is 29.7 Å². The minimum atomic E-state index is -1.01. The number of fused-ring (bicyclic) bond motifs is 1. The molecule has 4 rings (SSSR count). The molecule has 0 unspecified atom stereocenters. The third-order valence-corrected chi connectivity index (χ3v) is 5.49. The number of benzene rings is 1. The zero-order chi connectivity index (χ0) is 18.8. The fraction of sp³-hybridized carbons (Fsp3) is 0.300. The molecule has 0 bridgehead atoms. The average Bonchev–Trinajstić information content (AvgIpc) is 3.37. The molecular weight excluding hydrogens is 364 g/mol. The summed E-state index contributed by atoms with van der Waals surface area (Å²) in [6.45, 7) is 0. The molecule has 3 aromatic rings. The molecule has 1 fully saturated rings. The van der Waals surface area contributed by atoms with Gasteiger partial charge in [-0.3, -0.25) is 4.40 Å². The summed E-state index contributed by atoms with van der Waals surface area (Å²) in [5.74, 6) is 0.364. The van der Waals surface area contributed by atoms with Gasteiger partial charge in [-0.2, -0.15) is 0 Å². The summed E-state index contributed by atoms with van der Waals surface area (Å²) in [7, 11) is 1.62. The molecule has 1 aromatic carbocycles. The minimum absolute atomic E-state index is 0.156. The standard InChI is InChI=1S/C20H20N2O4S/c1-25-16-8-4-5-13(18(16)26-14-6-2-3-7-14)9-10-15-17(19(23)24)22-11-12-27-20(22)21-15/h4-5,8-12,14H,2-3,6-7H2,1H3,(H,23,24). The maximum Gasteiger partial charge on any atom is 0.355 e. The summed E-state index contributed by atoms with van der Waals surface area (Å²) >= 11 is 1.40. The van der Waals surface area contributed by atoms with Crippen LogP contribution in [0, 0.1) is 0 Å². The van der Waals surface area contributed by atoms with E-state index in [1.54, 1.807) is 23.8 Å². The predicted molar refractivity (Wildman–Crippen MR) is 105 cm³/mol. The molecule has 0 spiro atoms. The number of aromatic carboxylic acids is 1. The molecule has 1 N–H and O–H groups in total. The molecule has 0 saturated heterocycles. The second-order valence-electron chi connectivity index (χ2n) is 6.44. The first kappa shape index (κ1) is 17.6. The van der Waals surface area contributed by atoms with E-state index in [0.29, 0.717) is 22.2 Å². The Bertz CT molecular complexity index is 999. The molecule has 0 amide bonds. The molecule has 1 saturated carbocycles. The van der Waals surface area contributed by atoms with E-state index in [9.17, 15) is 9.90 Å². The maximum absolute atomic E-state index is 11.7. The second-order valence-corrected chi connectivity index (χ2v) is 7.32. The maximum atomic E-state index is 11.7. The Balaban J connectivity index is 1.71. The number of thiazole rings is 1. The van der Waals surface area contributed by atoms with Gasteiger partial charge in [0, 0.05) is 17.1 Å². The first-order valence-electron chi connectivity index (χ1n) is 8.88. The van der Waals surface area contributed by atoms with Gasteiger partial charge < -0.3 is 14.6 Å². The number of carbonyl (C=O) groups is 1. The van der Waals surface area contributed by atoms with Gasteiger partial charge in [0.05, 0.1) is 18.9 Å². The smallest absolute Gasteiger partial charge is 0.355 e. The van der Waals surface area contributed by atoms with Crippen LogP contribution >= 0.6 is 11.3 Å². The number of aromatic nitrogens is 2. The van der Waals surface area contributed by atoms with Gasteiger partial charge in [0.25, 0.3) is 0 Å². The van der Waals surface area contributed by atoms with Gasteiger partial charge in [-0.1, -0.05) is 12.1 Å². The monoisotopic (exact) mass is 384 g/mol. The van der Waals surface area contributed by atoms with Gasteiger partial charge in [0.15, 0.2) is 22.2 Å². The summed E-state index contributed by atoms with van der Waals surface area (Å²) in [4.78, 5) is 16.7. The van der Waals surface area contributed by atoms with Crippen LogP contribution in [0.1, 0.15) is 47.4 Å². The zero-order valence-electron chi connectivity index (χ0n) is 14.9. The van der Waals surface area contributed by atoms with Crippen LogP contribution in [-0.2, 0) is 0 Å². The molecule has 140 valence electrons. The van der Waals surface area contributed by atoms with Crippen molar-refractivity contribution in [3.63, 3.8) is 0 Å². The van der Waals surface area contributed by atoms with Gasteiger partial charge in [0.1, 0.15) is 0 Å². The number of carboxylic acid groups (broad SMARTS) is 1. The molecular formula is C20H20N2O4S. The fourth-order valence-corrected chi connectivity index (χ4v) is 4.14. The van der Waals surface area contributed by atoms with Crippen LogP contribution in [0.5, 0.6) is 11.5 Å². The number of hydrogen-bond donors (Lipinski definition) is 1. The lowest BCUT2D eigenvalue weighted by atomic mass is 10.1. The lowest BCUT2D eigenvalue weighted by Gasteiger charge is -2.18. The number of rotatable bonds is 6. The topological polar surface area (TPSA) is 73.1 Å². The lowest BCUT2D eigenvalue weighted by molar-refractivity contribution is 0.0689. The van der Waals surface area contributed by atoms with Crippen molar-refractivity contribution in [2.75, 3.05) is 7.11 Å². The van der Waals surface area contributed by atoms with Crippen molar-refractivity contribution < 1.29 is 19.4 Å². The highest BCUT2D eigenvalue weighted by atomic mass is 32.1. The predicted octanol–water partition coefficient (Wildman–Crippen LogP) is 4.59. The van der Waals surface area contributed by atoms with E-state index >= 15 is 0 Å². The number of imidazole rings is 1. The van der Waals surface area contributed by atoms with Crippen LogP contribution in [0.2, 0.25) is 0 Å². The Kier molecular flexibility index (Phi) is 4.85. The van der Waals surface area contributed by atoms with Gasteiger partial charge >= 0.3 is 5.97 Å². The third kappa shape index (κ3) is 3.42. The summed E-state index contributed by atoms with van der Waals surface area (Å²) < 4.78 is 13.3. The SMILES string of the molecule is COc1cccc(C=Cc2nc3sccn3c2C(=O)O)c1OC1CCCC1. The first-order valence-corrected chi connectivity index (χ1v) is 9.76. The van der Waals surface area contributed by atoms with E-state index in [2.05, 4.69) is 4.98 Å². The quantitative estimate of drug-likeness (QED) is 0.673. The molecule has 1 aliphatic carbocycles. The number of nitrogens with zero attached hydrogens (tertiary/aromatic N) is 2. The third-order valence-electron chi connectivity index (χ3n) is 4.73. The molecule has 1 aliphatic rings. The minimum Gasteiger partial charge on any atom is -0.493 e. The Labute approximate surface area is 160 Å². The molecule has 0 radical (unpaired) electrons. The Hall–Kier alpha value is -2.80. The van der Waals surface area contributed by atoms with Crippen molar-refractivity contribution in [1.82, 2.24) is 9.38 Å². The van der Waals surface area contributed by atoms with E-state index in [1.165, 1.54) is 24.2 Å². The normalized spacial score (nSPS) is 15.0.